The van der Waals surface area contributed by atoms with Gasteiger partial charge in [-0.1, -0.05) is 18.2 Å². The van der Waals surface area contributed by atoms with Crippen LogP contribution in [-0.4, -0.2) is 28.7 Å². The second-order valence-corrected chi connectivity index (χ2v) is 6.62. The van der Waals surface area contributed by atoms with E-state index in [-0.39, 0.29) is 5.56 Å². The molecule has 1 N–H and O–H groups in total. The molecule has 0 saturated carbocycles. The highest BCUT2D eigenvalue weighted by Gasteiger charge is 2.23. The molecule has 0 spiro atoms. The molecule has 0 aliphatic heterocycles. The number of aromatic nitrogens is 1. The van der Waals surface area contributed by atoms with Gasteiger partial charge in [0.1, 0.15) is 0 Å². The number of rotatable bonds is 3. The van der Waals surface area contributed by atoms with Crippen LogP contribution in [0.15, 0.2) is 30.5 Å². The van der Waals surface area contributed by atoms with Gasteiger partial charge in [0.2, 0.25) is 10.0 Å². The summed E-state index contributed by atoms with van der Waals surface area (Å²) in [6.45, 7) is 3.12. The molecule has 2 aromatic rings. The predicted octanol–water partition coefficient (Wildman–Crippen LogP) is 1.93. The Bertz CT molecular complexity index is 713. The standard InChI is InChI=1S/C12H13NO4S/c1-8(2)18(16,17)13-7-10(12(14)15)9-5-3-4-6-11(9)13/h3-8H,1-2H3,(H,14,15). The second-order valence-electron chi connectivity index (χ2n) is 4.25. The molecular weight excluding hydrogens is 254 g/mol. The van der Waals surface area contributed by atoms with E-state index in [4.69, 9.17) is 5.11 Å². The Morgan fingerprint density at radius 3 is 2.44 bits per heavy atom. The molecule has 1 heterocycles. The van der Waals surface area contributed by atoms with Crippen LogP contribution in [0.3, 0.4) is 0 Å². The van der Waals surface area contributed by atoms with Gasteiger partial charge < -0.3 is 5.11 Å². The molecular formula is C12H13NO4S. The number of hydrogen-bond donors (Lipinski definition) is 1. The first-order valence-corrected chi connectivity index (χ1v) is 6.94. The summed E-state index contributed by atoms with van der Waals surface area (Å²) in [6.07, 6.45) is 1.17. The summed E-state index contributed by atoms with van der Waals surface area (Å²) in [5.41, 5.74) is 0.387. The maximum absolute atomic E-state index is 12.2. The van der Waals surface area contributed by atoms with Gasteiger partial charge in [0.25, 0.3) is 0 Å². The summed E-state index contributed by atoms with van der Waals surface area (Å²) in [4.78, 5) is 11.1. The lowest BCUT2D eigenvalue weighted by Crippen LogP contribution is -2.21. The molecule has 1 aromatic carbocycles. The minimum Gasteiger partial charge on any atom is -0.478 e. The zero-order chi connectivity index (χ0) is 13.5. The molecule has 0 aliphatic carbocycles. The van der Waals surface area contributed by atoms with Crippen molar-refractivity contribution in [1.29, 1.82) is 0 Å². The zero-order valence-electron chi connectivity index (χ0n) is 9.99. The average molecular weight is 267 g/mol. The summed E-state index contributed by atoms with van der Waals surface area (Å²) in [5, 5.41) is 8.90. The molecule has 0 radical (unpaired) electrons. The molecule has 0 bridgehead atoms. The smallest absolute Gasteiger partial charge is 0.337 e. The van der Waals surface area contributed by atoms with Crippen LogP contribution in [0.25, 0.3) is 10.9 Å². The molecule has 0 fully saturated rings. The average Bonchev–Trinajstić information content (AvgIpc) is 2.68. The second kappa shape index (κ2) is 4.13. The van der Waals surface area contributed by atoms with E-state index < -0.39 is 21.2 Å². The van der Waals surface area contributed by atoms with Crippen LogP contribution in [0.4, 0.5) is 0 Å². The molecule has 5 nitrogen and oxygen atoms in total. The lowest BCUT2D eigenvalue weighted by atomic mass is 10.2. The van der Waals surface area contributed by atoms with Crippen LogP contribution in [0.2, 0.25) is 0 Å². The quantitative estimate of drug-likeness (QED) is 0.921. The molecule has 96 valence electrons. The number of carbonyl (C=O) groups is 1. The van der Waals surface area contributed by atoms with Crippen molar-refractivity contribution in [3.8, 4) is 0 Å². The maximum atomic E-state index is 12.2. The minimum atomic E-state index is -3.56. The van der Waals surface area contributed by atoms with Gasteiger partial charge in [0, 0.05) is 11.6 Å². The number of carboxylic acids is 1. The highest BCUT2D eigenvalue weighted by atomic mass is 32.2. The topological polar surface area (TPSA) is 76.4 Å². The third-order valence-corrected chi connectivity index (χ3v) is 4.82. The Hall–Kier alpha value is -1.82. The van der Waals surface area contributed by atoms with Gasteiger partial charge in [0.15, 0.2) is 0 Å². The monoisotopic (exact) mass is 267 g/mol. The Balaban J connectivity index is 2.86. The number of carboxylic acid groups (broad SMARTS) is 1. The Morgan fingerprint density at radius 2 is 1.89 bits per heavy atom. The number of aromatic carboxylic acids is 1. The number of para-hydroxylation sites is 1. The number of nitrogens with zero attached hydrogens (tertiary/aromatic N) is 1. The molecule has 18 heavy (non-hydrogen) atoms. The fourth-order valence-corrected chi connectivity index (χ4v) is 2.90. The lowest BCUT2D eigenvalue weighted by Gasteiger charge is -2.09. The summed E-state index contributed by atoms with van der Waals surface area (Å²) in [7, 11) is -3.56. The normalized spacial score (nSPS) is 12.2. The number of fused-ring (bicyclic) bond motifs is 1. The van der Waals surface area contributed by atoms with Gasteiger partial charge in [-0.25, -0.2) is 17.2 Å². The highest BCUT2D eigenvalue weighted by Crippen LogP contribution is 2.24. The van der Waals surface area contributed by atoms with Crippen LogP contribution in [0.5, 0.6) is 0 Å². The van der Waals surface area contributed by atoms with Gasteiger partial charge in [0.05, 0.1) is 16.3 Å². The molecule has 0 atom stereocenters. The molecule has 0 aliphatic rings. The fourth-order valence-electron chi connectivity index (χ4n) is 1.76. The summed E-state index contributed by atoms with van der Waals surface area (Å²) in [5.74, 6) is -1.14. The lowest BCUT2D eigenvalue weighted by molar-refractivity contribution is 0.0699. The number of benzene rings is 1. The van der Waals surface area contributed by atoms with Crippen molar-refractivity contribution in [2.75, 3.05) is 0 Å². The van der Waals surface area contributed by atoms with Gasteiger partial charge in [-0.15, -0.1) is 0 Å². The van der Waals surface area contributed by atoms with Crippen LogP contribution in [-0.2, 0) is 10.0 Å². The minimum absolute atomic E-state index is 0.00479. The van der Waals surface area contributed by atoms with E-state index in [9.17, 15) is 13.2 Å². The zero-order valence-corrected chi connectivity index (χ0v) is 10.8. The fraction of sp³-hybridized carbons (Fsp3) is 0.250. The van der Waals surface area contributed by atoms with E-state index in [1.54, 1.807) is 38.1 Å². The molecule has 0 unspecified atom stereocenters. The van der Waals surface area contributed by atoms with Crippen LogP contribution in [0, 0.1) is 0 Å². The first-order chi connectivity index (χ1) is 8.35. The van der Waals surface area contributed by atoms with Gasteiger partial charge in [-0.2, -0.15) is 0 Å². The summed E-state index contributed by atoms with van der Waals surface area (Å²) in [6, 6.07) is 6.56. The van der Waals surface area contributed by atoms with Crippen LogP contribution >= 0.6 is 0 Å². The maximum Gasteiger partial charge on any atom is 0.337 e. The van der Waals surface area contributed by atoms with Crippen LogP contribution in [0.1, 0.15) is 24.2 Å². The van der Waals surface area contributed by atoms with Crippen molar-refractivity contribution in [3.63, 3.8) is 0 Å². The van der Waals surface area contributed by atoms with Crippen molar-refractivity contribution >= 4 is 26.9 Å². The van der Waals surface area contributed by atoms with E-state index in [2.05, 4.69) is 0 Å². The highest BCUT2D eigenvalue weighted by molar-refractivity contribution is 7.90. The van der Waals surface area contributed by atoms with E-state index >= 15 is 0 Å². The predicted molar refractivity (Wildman–Crippen MR) is 68.4 cm³/mol. The van der Waals surface area contributed by atoms with Crippen molar-refractivity contribution < 1.29 is 18.3 Å². The van der Waals surface area contributed by atoms with Gasteiger partial charge in [-0.05, 0) is 19.9 Å². The van der Waals surface area contributed by atoms with E-state index in [1.165, 1.54) is 6.20 Å². The third-order valence-electron chi connectivity index (χ3n) is 2.78. The van der Waals surface area contributed by atoms with E-state index in [0.717, 1.165) is 3.97 Å². The number of hydrogen-bond acceptors (Lipinski definition) is 3. The molecule has 0 saturated heterocycles. The van der Waals surface area contributed by atoms with Crippen molar-refractivity contribution in [3.05, 3.63) is 36.0 Å². The molecule has 0 amide bonds. The first-order valence-electron chi connectivity index (χ1n) is 5.43. The van der Waals surface area contributed by atoms with E-state index in [0.29, 0.717) is 10.9 Å². The molecule has 1 aromatic heterocycles. The van der Waals surface area contributed by atoms with Crippen LogP contribution < -0.4 is 0 Å². The van der Waals surface area contributed by atoms with Crippen molar-refractivity contribution in [1.82, 2.24) is 3.97 Å². The van der Waals surface area contributed by atoms with Crippen molar-refractivity contribution in [2.24, 2.45) is 0 Å². The molecule has 2 rings (SSSR count). The SMILES string of the molecule is CC(C)S(=O)(=O)n1cc(C(=O)O)c2ccccc21. The Kier molecular flexibility index (Phi) is 2.90. The Labute approximate surface area is 105 Å². The summed E-state index contributed by atoms with van der Waals surface area (Å²) >= 11 is 0. The first kappa shape index (κ1) is 12.6. The third kappa shape index (κ3) is 1.78. The summed E-state index contributed by atoms with van der Waals surface area (Å²) < 4.78 is 25.4. The van der Waals surface area contributed by atoms with Gasteiger partial charge in [-0.3, -0.25) is 0 Å². The molecule has 6 heteroatoms. The Morgan fingerprint density at radius 1 is 1.28 bits per heavy atom. The van der Waals surface area contributed by atoms with Gasteiger partial charge >= 0.3 is 5.97 Å². The largest absolute Gasteiger partial charge is 0.478 e. The van der Waals surface area contributed by atoms with Crippen molar-refractivity contribution in [2.45, 2.75) is 19.1 Å². The van der Waals surface area contributed by atoms with E-state index in [1.807, 2.05) is 0 Å².